The Balaban J connectivity index is 1.35. The summed E-state index contributed by atoms with van der Waals surface area (Å²) >= 11 is 3.24. The van der Waals surface area contributed by atoms with Crippen LogP contribution < -0.4 is 5.32 Å². The molecule has 1 aliphatic heterocycles. The number of hydrogen-bond acceptors (Lipinski definition) is 5. The SMILES string of the molecule is O=C(Nc1cccc(-c2cn3c(n2)SCC3)c1)c1csc(-c2ccccc2)n1. The van der Waals surface area contributed by atoms with E-state index in [0.29, 0.717) is 5.69 Å². The lowest BCUT2D eigenvalue weighted by molar-refractivity contribution is 0.102. The van der Waals surface area contributed by atoms with Crippen LogP contribution >= 0.6 is 23.1 Å². The maximum Gasteiger partial charge on any atom is 0.275 e. The first kappa shape index (κ1) is 17.2. The number of aromatic nitrogens is 3. The molecule has 28 heavy (non-hydrogen) atoms. The predicted molar refractivity (Wildman–Crippen MR) is 114 cm³/mol. The second-order valence-corrected chi connectivity index (χ2v) is 8.31. The zero-order chi connectivity index (χ0) is 18.9. The van der Waals surface area contributed by atoms with E-state index in [9.17, 15) is 4.79 Å². The molecule has 7 heteroatoms. The van der Waals surface area contributed by atoms with Gasteiger partial charge in [0.25, 0.3) is 5.91 Å². The molecule has 0 unspecified atom stereocenters. The summed E-state index contributed by atoms with van der Waals surface area (Å²) < 4.78 is 2.17. The van der Waals surface area contributed by atoms with Gasteiger partial charge in [-0.15, -0.1) is 11.3 Å². The monoisotopic (exact) mass is 404 g/mol. The van der Waals surface area contributed by atoms with Crippen LogP contribution in [0.2, 0.25) is 0 Å². The van der Waals surface area contributed by atoms with Crippen molar-refractivity contribution in [2.75, 3.05) is 11.1 Å². The second kappa shape index (κ2) is 7.26. The van der Waals surface area contributed by atoms with E-state index in [1.165, 1.54) is 11.3 Å². The third-order valence-corrected chi connectivity index (χ3v) is 6.34. The lowest BCUT2D eigenvalue weighted by Gasteiger charge is -2.05. The van der Waals surface area contributed by atoms with Crippen LogP contribution in [0.15, 0.2) is 71.3 Å². The highest BCUT2D eigenvalue weighted by Gasteiger charge is 2.16. The molecule has 0 fully saturated rings. The Morgan fingerprint density at radius 3 is 2.75 bits per heavy atom. The lowest BCUT2D eigenvalue weighted by Crippen LogP contribution is -2.12. The van der Waals surface area contributed by atoms with Crippen LogP contribution in [0.25, 0.3) is 21.8 Å². The number of carbonyl (C=O) groups excluding carboxylic acids is 1. The van der Waals surface area contributed by atoms with Crippen molar-refractivity contribution in [3.8, 4) is 21.8 Å². The molecule has 1 amide bonds. The number of nitrogens with one attached hydrogen (secondary N) is 1. The molecule has 0 saturated heterocycles. The zero-order valence-corrected chi connectivity index (χ0v) is 16.5. The summed E-state index contributed by atoms with van der Waals surface area (Å²) in [6.45, 7) is 0.997. The molecule has 0 spiro atoms. The fraction of sp³-hybridized carbons (Fsp3) is 0.0952. The molecular formula is C21H16N4OS2. The number of carbonyl (C=O) groups is 1. The summed E-state index contributed by atoms with van der Waals surface area (Å²) in [5, 5.41) is 6.63. The van der Waals surface area contributed by atoms with Crippen LogP contribution in [0.3, 0.4) is 0 Å². The molecule has 138 valence electrons. The van der Waals surface area contributed by atoms with Crippen LogP contribution in [0.1, 0.15) is 10.5 Å². The Bertz CT molecular complexity index is 1130. The number of amides is 1. The quantitative estimate of drug-likeness (QED) is 0.518. The van der Waals surface area contributed by atoms with Crippen molar-refractivity contribution in [3.63, 3.8) is 0 Å². The molecule has 5 nitrogen and oxygen atoms in total. The van der Waals surface area contributed by atoms with Crippen molar-refractivity contribution < 1.29 is 4.79 Å². The Labute approximate surface area is 170 Å². The van der Waals surface area contributed by atoms with Gasteiger partial charge < -0.3 is 9.88 Å². The molecule has 0 atom stereocenters. The van der Waals surface area contributed by atoms with Gasteiger partial charge in [-0.25, -0.2) is 9.97 Å². The Hall–Kier alpha value is -2.90. The molecule has 0 radical (unpaired) electrons. The molecule has 5 rings (SSSR count). The van der Waals surface area contributed by atoms with Gasteiger partial charge >= 0.3 is 0 Å². The van der Waals surface area contributed by atoms with E-state index in [-0.39, 0.29) is 5.91 Å². The molecule has 1 aliphatic rings. The number of aryl methyl sites for hydroxylation is 1. The third kappa shape index (κ3) is 3.34. The smallest absolute Gasteiger partial charge is 0.275 e. The molecule has 0 saturated carbocycles. The number of thioether (sulfide) groups is 1. The average molecular weight is 405 g/mol. The summed E-state index contributed by atoms with van der Waals surface area (Å²) in [4.78, 5) is 21.8. The van der Waals surface area contributed by atoms with Crippen LogP contribution in [0, 0.1) is 0 Å². The molecule has 2 aromatic heterocycles. The van der Waals surface area contributed by atoms with Crippen molar-refractivity contribution in [3.05, 3.63) is 71.9 Å². The molecule has 3 heterocycles. The van der Waals surface area contributed by atoms with E-state index in [2.05, 4.69) is 26.0 Å². The number of thiazole rings is 1. The van der Waals surface area contributed by atoms with E-state index >= 15 is 0 Å². The lowest BCUT2D eigenvalue weighted by atomic mass is 10.1. The molecular weight excluding hydrogens is 388 g/mol. The highest BCUT2D eigenvalue weighted by molar-refractivity contribution is 7.99. The fourth-order valence-corrected chi connectivity index (χ4v) is 4.84. The van der Waals surface area contributed by atoms with Gasteiger partial charge in [0.2, 0.25) is 0 Å². The van der Waals surface area contributed by atoms with Crippen LogP contribution in [-0.4, -0.2) is 26.2 Å². The van der Waals surface area contributed by atoms with E-state index in [1.54, 1.807) is 17.1 Å². The first-order valence-corrected chi connectivity index (χ1v) is 10.8. The van der Waals surface area contributed by atoms with Crippen molar-refractivity contribution in [2.45, 2.75) is 11.7 Å². The van der Waals surface area contributed by atoms with Gasteiger partial charge in [-0.1, -0.05) is 54.2 Å². The summed E-state index contributed by atoms with van der Waals surface area (Å²) in [6, 6.07) is 17.6. The standard InChI is InChI=1S/C21H16N4OS2/c26-19(18-13-28-20(23-18)14-5-2-1-3-6-14)22-16-8-4-7-15(11-16)17-12-25-9-10-27-21(25)24-17/h1-8,11-13H,9-10H2,(H,22,26). The first-order chi connectivity index (χ1) is 13.8. The Morgan fingerprint density at radius 2 is 1.89 bits per heavy atom. The minimum Gasteiger partial charge on any atom is -0.325 e. The highest BCUT2D eigenvalue weighted by atomic mass is 32.2. The van der Waals surface area contributed by atoms with Gasteiger partial charge in [0, 0.05) is 40.7 Å². The maximum absolute atomic E-state index is 12.6. The van der Waals surface area contributed by atoms with Gasteiger partial charge in [0.15, 0.2) is 5.16 Å². The Morgan fingerprint density at radius 1 is 1.04 bits per heavy atom. The summed E-state index contributed by atoms with van der Waals surface area (Å²) in [5.74, 6) is 0.871. The van der Waals surface area contributed by atoms with E-state index in [4.69, 9.17) is 0 Å². The van der Waals surface area contributed by atoms with Gasteiger partial charge in [-0.05, 0) is 12.1 Å². The van der Waals surface area contributed by atoms with Crippen molar-refractivity contribution in [2.24, 2.45) is 0 Å². The van der Waals surface area contributed by atoms with Gasteiger partial charge in [0.05, 0.1) is 5.69 Å². The number of hydrogen-bond donors (Lipinski definition) is 1. The van der Waals surface area contributed by atoms with Crippen LogP contribution in [-0.2, 0) is 6.54 Å². The largest absolute Gasteiger partial charge is 0.325 e. The minimum atomic E-state index is -0.210. The normalized spacial score (nSPS) is 12.7. The highest BCUT2D eigenvalue weighted by Crippen LogP contribution is 2.30. The molecule has 1 N–H and O–H groups in total. The maximum atomic E-state index is 12.6. The second-order valence-electron chi connectivity index (χ2n) is 6.39. The molecule has 4 aromatic rings. The van der Waals surface area contributed by atoms with Gasteiger partial charge in [-0.2, -0.15) is 0 Å². The Kier molecular flexibility index (Phi) is 4.46. The summed E-state index contributed by atoms with van der Waals surface area (Å²) in [6.07, 6.45) is 2.07. The number of fused-ring (bicyclic) bond motifs is 1. The number of nitrogens with zero attached hydrogens (tertiary/aromatic N) is 3. The van der Waals surface area contributed by atoms with E-state index in [1.807, 2.05) is 54.6 Å². The number of rotatable bonds is 4. The van der Waals surface area contributed by atoms with Gasteiger partial charge in [-0.3, -0.25) is 4.79 Å². The van der Waals surface area contributed by atoms with E-state index in [0.717, 1.165) is 45.0 Å². The summed E-state index contributed by atoms with van der Waals surface area (Å²) in [5.41, 5.74) is 4.09. The fourth-order valence-electron chi connectivity index (χ4n) is 3.09. The predicted octanol–water partition coefficient (Wildman–Crippen LogP) is 5.03. The number of imidazole rings is 1. The van der Waals surface area contributed by atoms with E-state index < -0.39 is 0 Å². The zero-order valence-electron chi connectivity index (χ0n) is 14.8. The molecule has 2 aromatic carbocycles. The minimum absolute atomic E-state index is 0.210. The van der Waals surface area contributed by atoms with Gasteiger partial charge in [0.1, 0.15) is 10.7 Å². The van der Waals surface area contributed by atoms with Crippen molar-refractivity contribution >= 4 is 34.7 Å². The topological polar surface area (TPSA) is 59.8 Å². The average Bonchev–Trinajstić information content (AvgIpc) is 3.45. The van der Waals surface area contributed by atoms with Crippen LogP contribution in [0.5, 0.6) is 0 Å². The molecule has 0 aliphatic carbocycles. The first-order valence-electron chi connectivity index (χ1n) is 8.89. The number of benzene rings is 2. The number of anilines is 1. The van der Waals surface area contributed by atoms with Crippen molar-refractivity contribution in [1.29, 1.82) is 0 Å². The van der Waals surface area contributed by atoms with Crippen LogP contribution in [0.4, 0.5) is 5.69 Å². The summed E-state index contributed by atoms with van der Waals surface area (Å²) in [7, 11) is 0. The third-order valence-electron chi connectivity index (χ3n) is 4.48. The molecule has 0 bridgehead atoms. The van der Waals surface area contributed by atoms with Crippen molar-refractivity contribution in [1.82, 2.24) is 14.5 Å².